The Balaban J connectivity index is 0.000000323. The number of fused-ring (bicyclic) bond motifs is 1. The van der Waals surface area contributed by atoms with Crippen LogP contribution < -0.4 is 5.73 Å². The van der Waals surface area contributed by atoms with E-state index in [-0.39, 0.29) is 5.82 Å². The normalized spacial score (nSPS) is 14.6. The first-order valence-corrected chi connectivity index (χ1v) is 11.7. The van der Waals surface area contributed by atoms with Gasteiger partial charge in [0.2, 0.25) is 0 Å². The highest BCUT2D eigenvalue weighted by Gasteiger charge is 2.22. The Bertz CT molecular complexity index is 1020. The Kier molecular flexibility index (Phi) is 9.77. The zero-order valence-electron chi connectivity index (χ0n) is 18.9. The molecule has 0 unspecified atom stereocenters. The van der Waals surface area contributed by atoms with Crippen LogP contribution in [0.25, 0.3) is 17.2 Å². The summed E-state index contributed by atoms with van der Waals surface area (Å²) in [5, 5.41) is 0. The molecule has 0 saturated heterocycles. The van der Waals surface area contributed by atoms with E-state index in [1.54, 1.807) is 30.0 Å². The molecular weight excluding hydrogens is 401 g/mol. The summed E-state index contributed by atoms with van der Waals surface area (Å²) in [7, 11) is 0. The summed E-state index contributed by atoms with van der Waals surface area (Å²) in [5.41, 5.74) is 13.6. The van der Waals surface area contributed by atoms with Gasteiger partial charge in [0.15, 0.2) is 0 Å². The molecule has 0 amide bonds. The van der Waals surface area contributed by atoms with Gasteiger partial charge in [-0.1, -0.05) is 56.0 Å². The van der Waals surface area contributed by atoms with Crippen LogP contribution in [-0.2, 0) is 0 Å². The molecule has 3 rings (SSSR count). The molecule has 2 N–H and O–H groups in total. The summed E-state index contributed by atoms with van der Waals surface area (Å²) in [6.07, 6.45) is 12.8. The first-order valence-electron chi connectivity index (χ1n) is 10.5. The number of benzene rings is 2. The molecule has 0 aliphatic heterocycles. The van der Waals surface area contributed by atoms with Crippen molar-refractivity contribution < 1.29 is 4.39 Å². The summed E-state index contributed by atoms with van der Waals surface area (Å²) in [6, 6.07) is 13.7. The van der Waals surface area contributed by atoms with Gasteiger partial charge in [-0.05, 0) is 95.8 Å². The van der Waals surface area contributed by atoms with Crippen LogP contribution >= 0.6 is 11.8 Å². The van der Waals surface area contributed by atoms with Crippen LogP contribution in [-0.4, -0.2) is 12.8 Å². The molecule has 0 fully saturated rings. The summed E-state index contributed by atoms with van der Waals surface area (Å²) in [6.45, 7) is 10.4. The average Bonchev–Trinajstić information content (AvgIpc) is 3.05. The van der Waals surface area contributed by atoms with Gasteiger partial charge in [-0.3, -0.25) is 0 Å². The number of nitrogens with two attached hydrogens (primary N) is 1. The first-order chi connectivity index (χ1) is 15.0. The molecule has 1 aliphatic carbocycles. The maximum absolute atomic E-state index is 13.6. The number of allylic oxidation sites excluding steroid dienone is 6. The maximum atomic E-state index is 13.6. The van der Waals surface area contributed by atoms with Crippen molar-refractivity contribution in [2.45, 2.75) is 32.1 Å². The second-order valence-electron chi connectivity index (χ2n) is 7.14. The second kappa shape index (κ2) is 12.3. The van der Waals surface area contributed by atoms with Gasteiger partial charge < -0.3 is 5.73 Å². The van der Waals surface area contributed by atoms with Crippen LogP contribution in [0.5, 0.6) is 0 Å². The summed E-state index contributed by atoms with van der Waals surface area (Å²) in [4.78, 5) is 1.26. The summed E-state index contributed by atoms with van der Waals surface area (Å²) in [5.74, 6) is -0.164. The predicted molar refractivity (Wildman–Crippen MR) is 138 cm³/mol. The molecule has 0 spiro atoms. The lowest BCUT2D eigenvalue weighted by atomic mass is 10.0. The van der Waals surface area contributed by atoms with Crippen LogP contribution in [0.1, 0.15) is 43.9 Å². The predicted octanol–water partition coefficient (Wildman–Crippen LogP) is 7.92. The van der Waals surface area contributed by atoms with Crippen molar-refractivity contribution >= 4 is 29.0 Å². The van der Waals surface area contributed by atoms with Gasteiger partial charge in [0.25, 0.3) is 0 Å². The third-order valence-corrected chi connectivity index (χ3v) is 6.03. The number of hydrogen-bond acceptors (Lipinski definition) is 2. The highest BCUT2D eigenvalue weighted by molar-refractivity contribution is 7.98. The van der Waals surface area contributed by atoms with Crippen molar-refractivity contribution in [3.63, 3.8) is 0 Å². The van der Waals surface area contributed by atoms with Gasteiger partial charge in [0.05, 0.1) is 0 Å². The van der Waals surface area contributed by atoms with Gasteiger partial charge in [-0.25, -0.2) is 4.39 Å². The van der Waals surface area contributed by atoms with Crippen molar-refractivity contribution in [2.24, 2.45) is 5.73 Å². The van der Waals surface area contributed by atoms with Crippen molar-refractivity contribution in [1.29, 1.82) is 0 Å². The third kappa shape index (κ3) is 6.43. The van der Waals surface area contributed by atoms with Crippen LogP contribution in [0.3, 0.4) is 0 Å². The molecule has 0 saturated carbocycles. The minimum atomic E-state index is -0.164. The molecule has 0 aromatic heterocycles. The Morgan fingerprint density at radius 2 is 1.84 bits per heavy atom. The summed E-state index contributed by atoms with van der Waals surface area (Å²) < 4.78 is 13.6. The smallest absolute Gasteiger partial charge is 0.123 e. The molecule has 162 valence electrons. The molecule has 3 heteroatoms. The summed E-state index contributed by atoms with van der Waals surface area (Å²) >= 11 is 1.74. The van der Waals surface area contributed by atoms with Crippen LogP contribution in [0.15, 0.2) is 89.4 Å². The van der Waals surface area contributed by atoms with Crippen molar-refractivity contribution in [1.82, 2.24) is 0 Å². The van der Waals surface area contributed by atoms with Crippen LogP contribution in [0.4, 0.5) is 4.39 Å². The van der Waals surface area contributed by atoms with E-state index in [4.69, 9.17) is 5.73 Å². The van der Waals surface area contributed by atoms with E-state index < -0.39 is 0 Å². The molecule has 1 aliphatic rings. The van der Waals surface area contributed by atoms with Gasteiger partial charge in [-0.2, -0.15) is 0 Å². The minimum absolute atomic E-state index is 0.164. The fourth-order valence-corrected chi connectivity index (χ4v) is 3.96. The average molecular weight is 434 g/mol. The lowest BCUT2D eigenvalue weighted by Gasteiger charge is -2.05. The number of thioether (sulfide) groups is 1. The Hall–Kier alpha value is -2.62. The largest absolute Gasteiger partial charge is 0.327 e. The Labute approximate surface area is 191 Å². The fraction of sp³-hybridized carbons (Fsp3) is 0.214. The van der Waals surface area contributed by atoms with E-state index in [2.05, 4.69) is 57.0 Å². The second-order valence-corrected chi connectivity index (χ2v) is 8.02. The van der Waals surface area contributed by atoms with E-state index in [1.165, 1.54) is 27.2 Å². The van der Waals surface area contributed by atoms with E-state index in [9.17, 15) is 4.39 Å². The first kappa shape index (κ1) is 24.6. The molecule has 31 heavy (non-hydrogen) atoms. The maximum Gasteiger partial charge on any atom is 0.123 e. The molecule has 2 aromatic rings. The van der Waals surface area contributed by atoms with E-state index >= 15 is 0 Å². The molecule has 2 aromatic carbocycles. The van der Waals surface area contributed by atoms with Gasteiger partial charge in [0.1, 0.15) is 5.82 Å². The number of hydrogen-bond donors (Lipinski definition) is 1. The fourth-order valence-electron chi connectivity index (χ4n) is 3.55. The monoisotopic (exact) mass is 433 g/mol. The molecule has 0 heterocycles. The van der Waals surface area contributed by atoms with Crippen LogP contribution in [0, 0.1) is 5.82 Å². The van der Waals surface area contributed by atoms with Gasteiger partial charge >= 0.3 is 0 Å². The topological polar surface area (TPSA) is 26.0 Å². The molecule has 0 atom stereocenters. The Morgan fingerprint density at radius 1 is 1.13 bits per heavy atom. The van der Waals surface area contributed by atoms with Crippen molar-refractivity contribution in [2.75, 3.05) is 12.8 Å². The molecule has 0 radical (unpaired) electrons. The van der Waals surface area contributed by atoms with Crippen LogP contribution in [0.2, 0.25) is 0 Å². The standard InChI is InChI=1S/C20H19FS.C8H13N/c1-4-17-13(2)19(18-10-7-15(21)12-20(17)18)11-14-5-8-16(22-3)9-6-14;1-3-5-6-8(4-2)7-9/h5-12H,4H2,1-3H3;3-6H,1,7,9H2,2H3/b19-11-;6-5-,8-4+. The van der Waals surface area contributed by atoms with E-state index in [0.717, 1.165) is 23.1 Å². The number of rotatable bonds is 6. The highest BCUT2D eigenvalue weighted by Crippen LogP contribution is 2.43. The Morgan fingerprint density at radius 3 is 2.39 bits per heavy atom. The molecule has 1 nitrogen and oxygen atoms in total. The SMILES string of the molecule is C=C/C=C\C(=C/C)CN.CCC1=C(C)/C(=C/c2ccc(SC)cc2)c2ccc(F)cc21. The van der Waals surface area contributed by atoms with Crippen molar-refractivity contribution in [3.8, 4) is 0 Å². The quantitative estimate of drug-likeness (QED) is 0.370. The van der Waals surface area contributed by atoms with Crippen molar-refractivity contribution in [3.05, 3.63) is 107 Å². The zero-order valence-corrected chi connectivity index (χ0v) is 19.7. The lowest BCUT2D eigenvalue weighted by molar-refractivity contribution is 0.627. The minimum Gasteiger partial charge on any atom is -0.327 e. The third-order valence-electron chi connectivity index (χ3n) is 5.29. The zero-order chi connectivity index (χ0) is 22.8. The lowest BCUT2D eigenvalue weighted by Crippen LogP contribution is -1.99. The highest BCUT2D eigenvalue weighted by atomic mass is 32.2. The number of halogens is 1. The molecule has 0 bridgehead atoms. The van der Waals surface area contributed by atoms with E-state index in [1.807, 2.05) is 31.2 Å². The van der Waals surface area contributed by atoms with Gasteiger partial charge in [0, 0.05) is 11.4 Å². The van der Waals surface area contributed by atoms with E-state index in [0.29, 0.717) is 6.54 Å². The van der Waals surface area contributed by atoms with Gasteiger partial charge in [-0.15, -0.1) is 11.8 Å². The molecular formula is C28H32FNS.